The Labute approximate surface area is 113 Å². The highest BCUT2D eigenvalue weighted by atomic mass is 16.5. The molecule has 0 aliphatic carbocycles. The third kappa shape index (κ3) is 9.01. The summed E-state index contributed by atoms with van der Waals surface area (Å²) in [7, 11) is 2.50. The van der Waals surface area contributed by atoms with Gasteiger partial charge in [0.25, 0.3) is 0 Å². The maximum atomic E-state index is 11.6. The zero-order valence-corrected chi connectivity index (χ0v) is 11.9. The zero-order valence-electron chi connectivity index (χ0n) is 11.9. The minimum Gasteiger partial charge on any atom is -0.468 e. The Morgan fingerprint density at radius 1 is 1.00 bits per heavy atom. The van der Waals surface area contributed by atoms with E-state index in [1.165, 1.54) is 19.1 Å². The molecule has 0 radical (unpaired) electrons. The van der Waals surface area contributed by atoms with Crippen LogP contribution < -0.4 is 5.32 Å². The molecule has 0 aliphatic rings. The van der Waals surface area contributed by atoms with Crippen LogP contribution in [0.3, 0.4) is 0 Å². The standard InChI is InChI=1S/C12H22N2O5/c1-9(2)5-13-10(15)6-14(7-11(16)18-3)8-12(17)19-4/h9H,5-8H2,1-4H3,(H,13,15). The highest BCUT2D eigenvalue weighted by Gasteiger charge is 2.18. The largest absolute Gasteiger partial charge is 0.468 e. The highest BCUT2D eigenvalue weighted by molar-refractivity contribution is 5.81. The van der Waals surface area contributed by atoms with Gasteiger partial charge in [0.2, 0.25) is 5.91 Å². The molecule has 0 fully saturated rings. The van der Waals surface area contributed by atoms with Crippen LogP contribution in [0.15, 0.2) is 0 Å². The van der Waals surface area contributed by atoms with Gasteiger partial charge in [-0.1, -0.05) is 13.8 Å². The average molecular weight is 274 g/mol. The number of carbonyl (C=O) groups is 3. The van der Waals surface area contributed by atoms with Crippen LogP contribution in [0.4, 0.5) is 0 Å². The molecule has 0 saturated carbocycles. The first-order valence-corrected chi connectivity index (χ1v) is 6.01. The third-order valence-corrected chi connectivity index (χ3v) is 2.24. The van der Waals surface area contributed by atoms with Crippen LogP contribution in [-0.4, -0.2) is 63.1 Å². The number of hydrogen-bond donors (Lipinski definition) is 1. The molecule has 0 unspecified atom stereocenters. The van der Waals surface area contributed by atoms with Crippen molar-refractivity contribution in [1.29, 1.82) is 0 Å². The molecule has 7 nitrogen and oxygen atoms in total. The van der Waals surface area contributed by atoms with Gasteiger partial charge in [0.1, 0.15) is 0 Å². The van der Waals surface area contributed by atoms with Crippen LogP contribution in [0, 0.1) is 5.92 Å². The predicted molar refractivity (Wildman–Crippen MR) is 68.3 cm³/mol. The van der Waals surface area contributed by atoms with E-state index in [9.17, 15) is 14.4 Å². The third-order valence-electron chi connectivity index (χ3n) is 2.24. The molecule has 0 rings (SSSR count). The van der Waals surface area contributed by atoms with Gasteiger partial charge in [-0.3, -0.25) is 19.3 Å². The summed E-state index contributed by atoms with van der Waals surface area (Å²) in [5.41, 5.74) is 0. The van der Waals surface area contributed by atoms with E-state index in [4.69, 9.17) is 0 Å². The van der Waals surface area contributed by atoms with Gasteiger partial charge in [-0.15, -0.1) is 0 Å². The topological polar surface area (TPSA) is 84.9 Å². The van der Waals surface area contributed by atoms with Crippen molar-refractivity contribution < 1.29 is 23.9 Å². The van der Waals surface area contributed by atoms with Gasteiger partial charge < -0.3 is 14.8 Å². The first kappa shape index (κ1) is 17.4. The zero-order chi connectivity index (χ0) is 14.8. The van der Waals surface area contributed by atoms with Crippen LogP contribution >= 0.6 is 0 Å². The number of carbonyl (C=O) groups excluding carboxylic acids is 3. The summed E-state index contributed by atoms with van der Waals surface area (Å²) in [6, 6.07) is 0. The summed E-state index contributed by atoms with van der Waals surface area (Å²) >= 11 is 0. The summed E-state index contributed by atoms with van der Waals surface area (Å²) in [6.07, 6.45) is 0. The molecule has 0 bridgehead atoms. The van der Waals surface area contributed by atoms with Gasteiger partial charge in [0, 0.05) is 6.54 Å². The fourth-order valence-corrected chi connectivity index (χ4v) is 1.24. The number of hydrogen-bond acceptors (Lipinski definition) is 6. The molecule has 0 aromatic rings. The summed E-state index contributed by atoms with van der Waals surface area (Å²) in [5, 5.41) is 2.71. The summed E-state index contributed by atoms with van der Waals surface area (Å²) in [6.45, 7) is 4.16. The molecule has 110 valence electrons. The smallest absolute Gasteiger partial charge is 0.319 e. The highest BCUT2D eigenvalue weighted by Crippen LogP contribution is 1.93. The van der Waals surface area contributed by atoms with Crippen LogP contribution in [0.25, 0.3) is 0 Å². The molecular weight excluding hydrogens is 252 g/mol. The van der Waals surface area contributed by atoms with Gasteiger partial charge in [-0.25, -0.2) is 0 Å². The van der Waals surface area contributed by atoms with Crippen molar-refractivity contribution in [3.05, 3.63) is 0 Å². The number of nitrogens with one attached hydrogen (secondary N) is 1. The Morgan fingerprint density at radius 2 is 1.47 bits per heavy atom. The van der Waals surface area contributed by atoms with Crippen molar-refractivity contribution in [1.82, 2.24) is 10.2 Å². The van der Waals surface area contributed by atoms with Crippen molar-refractivity contribution in [3.63, 3.8) is 0 Å². The maximum absolute atomic E-state index is 11.6. The van der Waals surface area contributed by atoms with E-state index >= 15 is 0 Å². The monoisotopic (exact) mass is 274 g/mol. The number of methoxy groups -OCH3 is 2. The maximum Gasteiger partial charge on any atom is 0.319 e. The Kier molecular flexibility index (Phi) is 8.52. The molecule has 0 heterocycles. The summed E-state index contributed by atoms with van der Waals surface area (Å²) in [4.78, 5) is 35.4. The first-order valence-electron chi connectivity index (χ1n) is 6.01. The second kappa shape index (κ2) is 9.32. The van der Waals surface area contributed by atoms with Gasteiger partial charge in [0.15, 0.2) is 0 Å². The lowest BCUT2D eigenvalue weighted by Gasteiger charge is -2.19. The van der Waals surface area contributed by atoms with Crippen LogP contribution in [0.5, 0.6) is 0 Å². The van der Waals surface area contributed by atoms with E-state index in [2.05, 4.69) is 14.8 Å². The molecule has 0 aromatic carbocycles. The van der Waals surface area contributed by atoms with Crippen LogP contribution in [0.2, 0.25) is 0 Å². The molecule has 0 aromatic heterocycles. The minimum absolute atomic E-state index is 0.0586. The second-order valence-electron chi connectivity index (χ2n) is 4.50. The predicted octanol–water partition coefficient (Wildman–Crippen LogP) is -0.593. The average Bonchev–Trinajstić information content (AvgIpc) is 2.35. The molecule has 19 heavy (non-hydrogen) atoms. The number of esters is 2. The Bertz CT molecular complexity index is 299. The van der Waals surface area contributed by atoms with Gasteiger partial charge in [-0.2, -0.15) is 0 Å². The van der Waals surface area contributed by atoms with Gasteiger partial charge in [0.05, 0.1) is 33.9 Å². The minimum atomic E-state index is -0.513. The molecule has 0 aliphatic heterocycles. The van der Waals surface area contributed by atoms with Crippen molar-refractivity contribution in [2.75, 3.05) is 40.4 Å². The fourth-order valence-electron chi connectivity index (χ4n) is 1.24. The lowest BCUT2D eigenvalue weighted by Crippen LogP contribution is -2.43. The van der Waals surface area contributed by atoms with Crippen molar-refractivity contribution in [2.45, 2.75) is 13.8 Å². The number of ether oxygens (including phenoxy) is 2. The number of rotatable bonds is 8. The quantitative estimate of drug-likeness (QED) is 0.595. The second-order valence-corrected chi connectivity index (χ2v) is 4.50. The van der Waals surface area contributed by atoms with E-state index in [1.54, 1.807) is 0 Å². The molecule has 0 saturated heterocycles. The van der Waals surface area contributed by atoms with Crippen LogP contribution in [-0.2, 0) is 23.9 Å². The van der Waals surface area contributed by atoms with E-state index < -0.39 is 11.9 Å². The fraction of sp³-hybridized carbons (Fsp3) is 0.750. The van der Waals surface area contributed by atoms with Crippen molar-refractivity contribution in [3.8, 4) is 0 Å². The van der Waals surface area contributed by atoms with Crippen LogP contribution in [0.1, 0.15) is 13.8 Å². The Hall–Kier alpha value is -1.63. The van der Waals surface area contributed by atoms with E-state index in [1.807, 2.05) is 13.8 Å². The summed E-state index contributed by atoms with van der Waals surface area (Å²) in [5.74, 6) is -0.943. The normalized spacial score (nSPS) is 10.4. The van der Waals surface area contributed by atoms with E-state index in [-0.39, 0.29) is 25.5 Å². The van der Waals surface area contributed by atoms with E-state index in [0.29, 0.717) is 12.5 Å². The number of nitrogens with zero attached hydrogens (tertiary/aromatic N) is 1. The number of amides is 1. The van der Waals surface area contributed by atoms with E-state index in [0.717, 1.165) is 0 Å². The van der Waals surface area contributed by atoms with Gasteiger partial charge >= 0.3 is 11.9 Å². The Balaban J connectivity index is 4.35. The molecular formula is C12H22N2O5. The van der Waals surface area contributed by atoms with Gasteiger partial charge in [-0.05, 0) is 5.92 Å². The SMILES string of the molecule is COC(=O)CN(CC(=O)NCC(C)C)CC(=O)OC. The molecule has 1 amide bonds. The molecule has 0 atom stereocenters. The summed E-state index contributed by atoms with van der Waals surface area (Å²) < 4.78 is 9.02. The lowest BCUT2D eigenvalue weighted by molar-refractivity contribution is -0.146. The molecule has 7 heteroatoms. The van der Waals surface area contributed by atoms with Crippen molar-refractivity contribution >= 4 is 17.8 Å². The molecule has 0 spiro atoms. The van der Waals surface area contributed by atoms with Crippen molar-refractivity contribution in [2.24, 2.45) is 5.92 Å². The first-order chi connectivity index (χ1) is 8.88. The molecule has 1 N–H and O–H groups in total. The lowest BCUT2D eigenvalue weighted by atomic mass is 10.2. The Morgan fingerprint density at radius 3 is 1.84 bits per heavy atom.